The zero-order chi connectivity index (χ0) is 13.7. The number of amides is 1. The average molecular weight is 258 g/mol. The van der Waals surface area contributed by atoms with E-state index in [-0.39, 0.29) is 5.91 Å². The molecule has 5 nitrogen and oxygen atoms in total. The van der Waals surface area contributed by atoms with Gasteiger partial charge in [-0.2, -0.15) is 5.10 Å². The van der Waals surface area contributed by atoms with Crippen molar-refractivity contribution in [3.05, 3.63) is 47.8 Å². The maximum absolute atomic E-state index is 12.4. The Morgan fingerprint density at radius 1 is 1.47 bits per heavy atom. The fourth-order valence-electron chi connectivity index (χ4n) is 1.92. The molecule has 1 amide bonds. The number of aryl methyl sites for hydroxylation is 1. The van der Waals surface area contributed by atoms with Crippen molar-refractivity contribution in [3.8, 4) is 0 Å². The summed E-state index contributed by atoms with van der Waals surface area (Å²) in [5, 5.41) is 6.48. The van der Waals surface area contributed by atoms with Crippen LogP contribution < -0.4 is 10.6 Å². The summed E-state index contributed by atoms with van der Waals surface area (Å²) in [4.78, 5) is 14.2. The number of rotatable bonds is 5. The Balaban J connectivity index is 2.28. The third kappa shape index (κ3) is 3.20. The molecule has 0 saturated carbocycles. The molecular formula is C14H18N4O. The molecule has 5 heteroatoms. The van der Waals surface area contributed by atoms with Gasteiger partial charge in [-0.05, 0) is 37.6 Å². The number of aromatic amines is 1. The number of hydrogen-bond acceptors (Lipinski definition) is 3. The minimum Gasteiger partial charge on any atom is -0.330 e. The molecule has 2 aromatic rings. The summed E-state index contributed by atoms with van der Waals surface area (Å²) >= 11 is 0. The lowest BCUT2D eigenvalue weighted by atomic mass is 10.2. The minimum absolute atomic E-state index is 0.0622. The highest BCUT2D eigenvalue weighted by Gasteiger charge is 2.18. The monoisotopic (exact) mass is 258 g/mol. The van der Waals surface area contributed by atoms with E-state index < -0.39 is 0 Å². The van der Waals surface area contributed by atoms with Gasteiger partial charge in [-0.15, -0.1) is 0 Å². The van der Waals surface area contributed by atoms with Crippen molar-refractivity contribution in [2.24, 2.45) is 5.73 Å². The Morgan fingerprint density at radius 2 is 2.32 bits per heavy atom. The molecule has 1 aromatic carbocycles. The SMILES string of the molecule is Cc1cccc(N(CCCN)C(=O)c2cn[nH]c2)c1. The van der Waals surface area contributed by atoms with Crippen LogP contribution in [0.4, 0.5) is 5.69 Å². The Kier molecular flexibility index (Phi) is 4.30. The number of nitrogens with zero attached hydrogens (tertiary/aromatic N) is 2. The predicted octanol–water partition coefficient (Wildman–Crippen LogP) is 1.71. The second-order valence-electron chi connectivity index (χ2n) is 4.43. The van der Waals surface area contributed by atoms with E-state index in [9.17, 15) is 4.79 Å². The predicted molar refractivity (Wildman–Crippen MR) is 75.1 cm³/mol. The van der Waals surface area contributed by atoms with Gasteiger partial charge in [-0.1, -0.05) is 12.1 Å². The zero-order valence-corrected chi connectivity index (χ0v) is 11.0. The van der Waals surface area contributed by atoms with Crippen molar-refractivity contribution in [1.82, 2.24) is 10.2 Å². The van der Waals surface area contributed by atoms with Crippen LogP contribution in [-0.4, -0.2) is 29.2 Å². The smallest absolute Gasteiger partial charge is 0.261 e. The van der Waals surface area contributed by atoms with Gasteiger partial charge < -0.3 is 10.6 Å². The third-order valence-electron chi connectivity index (χ3n) is 2.89. The minimum atomic E-state index is -0.0622. The molecule has 0 atom stereocenters. The lowest BCUT2D eigenvalue weighted by Gasteiger charge is -2.22. The van der Waals surface area contributed by atoms with E-state index in [4.69, 9.17) is 5.73 Å². The maximum Gasteiger partial charge on any atom is 0.261 e. The number of benzene rings is 1. The standard InChI is InChI=1S/C14H18N4O/c1-11-4-2-5-13(8-11)18(7-3-6-15)14(19)12-9-16-17-10-12/h2,4-5,8-10H,3,6-7,15H2,1H3,(H,16,17). The Bertz CT molecular complexity index is 536. The second-order valence-corrected chi connectivity index (χ2v) is 4.43. The van der Waals surface area contributed by atoms with Crippen LogP contribution in [0.5, 0.6) is 0 Å². The topological polar surface area (TPSA) is 75.0 Å². The lowest BCUT2D eigenvalue weighted by molar-refractivity contribution is 0.0987. The first-order valence-electron chi connectivity index (χ1n) is 6.30. The highest BCUT2D eigenvalue weighted by molar-refractivity contribution is 6.05. The number of nitrogens with two attached hydrogens (primary N) is 1. The van der Waals surface area contributed by atoms with E-state index in [1.807, 2.05) is 31.2 Å². The highest BCUT2D eigenvalue weighted by Crippen LogP contribution is 2.18. The van der Waals surface area contributed by atoms with Gasteiger partial charge in [0.15, 0.2) is 0 Å². The molecule has 0 aliphatic heterocycles. The van der Waals surface area contributed by atoms with Crippen LogP contribution in [-0.2, 0) is 0 Å². The molecule has 2 rings (SSSR count). The van der Waals surface area contributed by atoms with Crippen LogP contribution in [0.15, 0.2) is 36.7 Å². The van der Waals surface area contributed by atoms with Gasteiger partial charge in [0.1, 0.15) is 0 Å². The van der Waals surface area contributed by atoms with Gasteiger partial charge in [0, 0.05) is 18.4 Å². The van der Waals surface area contributed by atoms with Gasteiger partial charge in [0.05, 0.1) is 11.8 Å². The van der Waals surface area contributed by atoms with Crippen LogP contribution in [0, 0.1) is 6.92 Å². The molecule has 0 aliphatic carbocycles. The molecule has 100 valence electrons. The Hall–Kier alpha value is -2.14. The van der Waals surface area contributed by atoms with Crippen molar-refractivity contribution in [2.75, 3.05) is 18.0 Å². The van der Waals surface area contributed by atoms with Crippen molar-refractivity contribution < 1.29 is 4.79 Å². The molecule has 0 aliphatic rings. The number of anilines is 1. The summed E-state index contributed by atoms with van der Waals surface area (Å²) < 4.78 is 0. The first-order valence-corrected chi connectivity index (χ1v) is 6.30. The molecule has 0 fully saturated rings. The number of carbonyl (C=O) groups excluding carboxylic acids is 1. The van der Waals surface area contributed by atoms with E-state index in [2.05, 4.69) is 10.2 Å². The van der Waals surface area contributed by atoms with E-state index in [0.29, 0.717) is 18.7 Å². The molecule has 0 radical (unpaired) electrons. The highest BCUT2D eigenvalue weighted by atomic mass is 16.2. The summed E-state index contributed by atoms with van der Waals surface area (Å²) in [6.07, 6.45) is 3.90. The fraction of sp³-hybridized carbons (Fsp3) is 0.286. The van der Waals surface area contributed by atoms with Gasteiger partial charge in [0.25, 0.3) is 5.91 Å². The molecule has 1 heterocycles. The third-order valence-corrected chi connectivity index (χ3v) is 2.89. The first kappa shape index (κ1) is 13.3. The van der Waals surface area contributed by atoms with Crippen molar-refractivity contribution >= 4 is 11.6 Å². The Labute approximate surface area is 112 Å². The van der Waals surface area contributed by atoms with E-state index >= 15 is 0 Å². The van der Waals surface area contributed by atoms with E-state index in [1.54, 1.807) is 11.1 Å². The van der Waals surface area contributed by atoms with Gasteiger partial charge >= 0.3 is 0 Å². The van der Waals surface area contributed by atoms with Crippen molar-refractivity contribution in [2.45, 2.75) is 13.3 Å². The Morgan fingerprint density at radius 3 is 2.95 bits per heavy atom. The summed E-state index contributed by atoms with van der Waals surface area (Å²) in [6.45, 7) is 3.16. The van der Waals surface area contributed by atoms with Gasteiger partial charge in [-0.3, -0.25) is 9.89 Å². The van der Waals surface area contributed by atoms with E-state index in [1.165, 1.54) is 6.20 Å². The molecule has 3 N–H and O–H groups in total. The van der Waals surface area contributed by atoms with Crippen LogP contribution in [0.2, 0.25) is 0 Å². The van der Waals surface area contributed by atoms with Crippen molar-refractivity contribution in [1.29, 1.82) is 0 Å². The number of hydrogen-bond donors (Lipinski definition) is 2. The van der Waals surface area contributed by atoms with Gasteiger partial charge in [-0.25, -0.2) is 0 Å². The first-order chi connectivity index (χ1) is 9.22. The van der Waals surface area contributed by atoms with Crippen LogP contribution >= 0.6 is 0 Å². The van der Waals surface area contributed by atoms with E-state index in [0.717, 1.165) is 17.7 Å². The average Bonchev–Trinajstić information content (AvgIpc) is 2.93. The summed E-state index contributed by atoms with van der Waals surface area (Å²) in [6, 6.07) is 7.88. The normalized spacial score (nSPS) is 10.4. The number of carbonyl (C=O) groups is 1. The summed E-state index contributed by atoms with van der Waals surface area (Å²) in [5.41, 5.74) is 8.11. The number of nitrogens with one attached hydrogen (secondary N) is 1. The maximum atomic E-state index is 12.4. The second kappa shape index (κ2) is 6.15. The zero-order valence-electron chi connectivity index (χ0n) is 11.0. The van der Waals surface area contributed by atoms with Gasteiger partial charge in [0.2, 0.25) is 0 Å². The quantitative estimate of drug-likeness (QED) is 0.857. The molecule has 0 spiro atoms. The molecule has 19 heavy (non-hydrogen) atoms. The largest absolute Gasteiger partial charge is 0.330 e. The molecule has 0 unspecified atom stereocenters. The molecule has 0 saturated heterocycles. The number of H-pyrrole nitrogens is 1. The number of aromatic nitrogens is 2. The summed E-state index contributed by atoms with van der Waals surface area (Å²) in [7, 11) is 0. The lowest BCUT2D eigenvalue weighted by Crippen LogP contribution is -2.32. The molecular weight excluding hydrogens is 240 g/mol. The van der Waals surface area contributed by atoms with Crippen LogP contribution in [0.1, 0.15) is 22.3 Å². The van der Waals surface area contributed by atoms with Crippen LogP contribution in [0.3, 0.4) is 0 Å². The summed E-state index contributed by atoms with van der Waals surface area (Å²) in [5.74, 6) is -0.0622. The fourth-order valence-corrected chi connectivity index (χ4v) is 1.92. The molecule has 1 aromatic heterocycles. The molecule has 0 bridgehead atoms. The van der Waals surface area contributed by atoms with Crippen molar-refractivity contribution in [3.63, 3.8) is 0 Å². The van der Waals surface area contributed by atoms with Crippen LogP contribution in [0.25, 0.3) is 0 Å².